The van der Waals surface area contributed by atoms with Crippen molar-refractivity contribution >= 4 is 47.2 Å². The van der Waals surface area contributed by atoms with Crippen LogP contribution in [0.25, 0.3) is 0 Å². The molecule has 6 heteroatoms. The number of hydrogen-bond acceptors (Lipinski definition) is 2. The second-order valence-corrected chi connectivity index (χ2v) is 6.58. The number of anilines is 1. The summed E-state index contributed by atoms with van der Waals surface area (Å²) >= 11 is 6.39. The lowest BCUT2D eigenvalue weighted by Gasteiger charge is -2.41. The van der Waals surface area contributed by atoms with Crippen LogP contribution >= 0.6 is 35.6 Å². The van der Waals surface area contributed by atoms with Gasteiger partial charge >= 0.3 is 0 Å². The van der Waals surface area contributed by atoms with Crippen LogP contribution in [0.1, 0.15) is 24.8 Å². The third kappa shape index (κ3) is 4.58. The summed E-state index contributed by atoms with van der Waals surface area (Å²) in [6.45, 7) is 0.638. The van der Waals surface area contributed by atoms with Crippen molar-refractivity contribution < 1.29 is 4.74 Å². The molecule has 1 saturated carbocycles. The third-order valence-corrected chi connectivity index (χ3v) is 4.98. The molecular weight excluding hydrogens is 449 g/mol. The van der Waals surface area contributed by atoms with Crippen LogP contribution in [-0.4, -0.2) is 19.6 Å². The van der Waals surface area contributed by atoms with Gasteiger partial charge in [-0.15, -0.1) is 24.0 Å². The van der Waals surface area contributed by atoms with E-state index in [1.807, 2.05) is 42.5 Å². The number of halogens is 2. The van der Waals surface area contributed by atoms with E-state index in [0.717, 1.165) is 29.3 Å². The molecule has 0 bridgehead atoms. The molecule has 2 aromatic carbocycles. The fourth-order valence-electron chi connectivity index (χ4n) is 3.13. The lowest BCUT2D eigenvalue weighted by Crippen LogP contribution is -2.39. The van der Waals surface area contributed by atoms with Crippen molar-refractivity contribution in [1.29, 1.82) is 0 Å². The molecule has 0 aromatic heterocycles. The lowest BCUT2D eigenvalue weighted by molar-refractivity contribution is 0.254. The Morgan fingerprint density at radius 2 is 2.00 bits per heavy atom. The number of benzene rings is 2. The Labute approximate surface area is 170 Å². The van der Waals surface area contributed by atoms with E-state index in [1.165, 1.54) is 12.0 Å². The van der Waals surface area contributed by atoms with Gasteiger partial charge in [-0.2, -0.15) is 0 Å². The fraction of sp³-hybridized carbons (Fsp3) is 0.316. The van der Waals surface area contributed by atoms with E-state index in [2.05, 4.69) is 16.4 Å². The molecule has 3 N–H and O–H groups in total. The van der Waals surface area contributed by atoms with Gasteiger partial charge in [-0.1, -0.05) is 42.3 Å². The number of hydrogen-bond donors (Lipinski definition) is 2. The first kappa shape index (κ1) is 19.8. The summed E-state index contributed by atoms with van der Waals surface area (Å²) in [4.78, 5) is 4.57. The molecule has 4 nitrogen and oxygen atoms in total. The highest BCUT2D eigenvalue weighted by atomic mass is 127. The van der Waals surface area contributed by atoms with Crippen LogP contribution in [0, 0.1) is 0 Å². The molecule has 1 fully saturated rings. The van der Waals surface area contributed by atoms with E-state index in [9.17, 15) is 0 Å². The van der Waals surface area contributed by atoms with E-state index in [-0.39, 0.29) is 29.4 Å². The van der Waals surface area contributed by atoms with Crippen molar-refractivity contribution in [3.05, 3.63) is 59.1 Å². The number of nitrogens with one attached hydrogen (secondary N) is 1. The molecule has 0 radical (unpaired) electrons. The third-order valence-electron chi connectivity index (χ3n) is 4.65. The molecule has 1 aliphatic carbocycles. The van der Waals surface area contributed by atoms with Gasteiger partial charge in [-0.3, -0.25) is 4.99 Å². The van der Waals surface area contributed by atoms with Gasteiger partial charge in [0.25, 0.3) is 0 Å². The largest absolute Gasteiger partial charge is 0.497 e. The number of nitrogens with two attached hydrogens (primary N) is 1. The summed E-state index contributed by atoms with van der Waals surface area (Å²) in [5.74, 6) is 1.18. The zero-order valence-corrected chi connectivity index (χ0v) is 17.3. The SMILES string of the molecule is COc1cccc(NC(N)=NCC2(c3ccccc3Cl)CCC2)c1.I. The Hall–Kier alpha value is -1.47. The number of ether oxygens (including phenoxy) is 1. The Balaban J connectivity index is 0.00000225. The summed E-state index contributed by atoms with van der Waals surface area (Å²) in [6.07, 6.45) is 3.38. The molecule has 0 heterocycles. The zero-order chi connectivity index (χ0) is 17.0. The average molecular weight is 472 g/mol. The average Bonchev–Trinajstić information content (AvgIpc) is 2.55. The number of guanidine groups is 1. The van der Waals surface area contributed by atoms with E-state index < -0.39 is 0 Å². The number of rotatable bonds is 5. The first-order valence-corrected chi connectivity index (χ1v) is 8.47. The van der Waals surface area contributed by atoms with Crippen LogP contribution in [0.5, 0.6) is 5.75 Å². The first-order valence-electron chi connectivity index (χ1n) is 8.09. The summed E-state index contributed by atoms with van der Waals surface area (Å²) in [5.41, 5.74) is 8.11. The molecule has 25 heavy (non-hydrogen) atoms. The second-order valence-electron chi connectivity index (χ2n) is 6.17. The highest BCUT2D eigenvalue weighted by Gasteiger charge is 2.39. The fourth-order valence-corrected chi connectivity index (χ4v) is 3.47. The van der Waals surface area contributed by atoms with Crippen molar-refractivity contribution in [2.75, 3.05) is 19.0 Å². The number of nitrogens with zero attached hydrogens (tertiary/aromatic N) is 1. The molecule has 0 unspecified atom stereocenters. The lowest BCUT2D eigenvalue weighted by atomic mass is 9.64. The van der Waals surface area contributed by atoms with Gasteiger partial charge in [-0.05, 0) is 36.6 Å². The Kier molecular flexibility index (Phi) is 6.95. The first-order chi connectivity index (χ1) is 11.6. The summed E-state index contributed by atoms with van der Waals surface area (Å²) in [7, 11) is 1.64. The molecule has 3 rings (SSSR count). The predicted octanol–water partition coefficient (Wildman–Crippen LogP) is 4.82. The van der Waals surface area contributed by atoms with Crippen molar-refractivity contribution in [3.8, 4) is 5.75 Å². The Morgan fingerprint density at radius 3 is 2.64 bits per heavy atom. The van der Waals surface area contributed by atoms with E-state index >= 15 is 0 Å². The number of methoxy groups -OCH3 is 1. The monoisotopic (exact) mass is 471 g/mol. The summed E-state index contributed by atoms with van der Waals surface area (Å²) in [6, 6.07) is 15.6. The summed E-state index contributed by atoms with van der Waals surface area (Å²) < 4.78 is 5.21. The van der Waals surface area contributed by atoms with Crippen molar-refractivity contribution in [3.63, 3.8) is 0 Å². The predicted molar refractivity (Wildman–Crippen MR) is 116 cm³/mol. The van der Waals surface area contributed by atoms with Gasteiger partial charge in [0.15, 0.2) is 5.96 Å². The van der Waals surface area contributed by atoms with Crippen molar-refractivity contribution in [1.82, 2.24) is 0 Å². The van der Waals surface area contributed by atoms with Crippen LogP contribution in [0.4, 0.5) is 5.69 Å². The number of aliphatic imine (C=N–C) groups is 1. The Bertz CT molecular complexity index is 747. The Morgan fingerprint density at radius 1 is 1.24 bits per heavy atom. The van der Waals surface area contributed by atoms with Gasteiger partial charge in [0, 0.05) is 22.2 Å². The quantitative estimate of drug-likeness (QED) is 0.374. The van der Waals surface area contributed by atoms with Gasteiger partial charge < -0.3 is 15.8 Å². The van der Waals surface area contributed by atoms with Gasteiger partial charge in [0.05, 0.1) is 13.7 Å². The maximum Gasteiger partial charge on any atom is 0.193 e. The van der Waals surface area contributed by atoms with Crippen LogP contribution in [0.3, 0.4) is 0 Å². The van der Waals surface area contributed by atoms with Gasteiger partial charge in [0.1, 0.15) is 5.75 Å². The molecule has 2 aromatic rings. The van der Waals surface area contributed by atoms with Crippen LogP contribution in [-0.2, 0) is 5.41 Å². The highest BCUT2D eigenvalue weighted by Crippen LogP contribution is 2.46. The topological polar surface area (TPSA) is 59.6 Å². The molecule has 0 amide bonds. The van der Waals surface area contributed by atoms with Crippen molar-refractivity contribution in [2.45, 2.75) is 24.7 Å². The van der Waals surface area contributed by atoms with Crippen LogP contribution in [0.2, 0.25) is 5.02 Å². The second kappa shape index (κ2) is 8.76. The smallest absolute Gasteiger partial charge is 0.193 e. The van der Waals surface area contributed by atoms with Crippen LogP contribution < -0.4 is 15.8 Å². The van der Waals surface area contributed by atoms with E-state index in [1.54, 1.807) is 7.11 Å². The molecule has 0 spiro atoms. The highest BCUT2D eigenvalue weighted by molar-refractivity contribution is 14.0. The maximum atomic E-state index is 6.39. The molecular formula is C19H23ClIN3O. The summed E-state index contributed by atoms with van der Waals surface area (Å²) in [5, 5.41) is 3.93. The molecule has 0 atom stereocenters. The molecule has 0 saturated heterocycles. The normalized spacial score (nSPS) is 15.7. The van der Waals surface area contributed by atoms with Gasteiger partial charge in [0.2, 0.25) is 0 Å². The standard InChI is InChI=1S/C19H22ClN3O.HI/c1-24-15-7-4-6-14(12-15)23-18(21)22-13-19(10-5-11-19)16-8-2-3-9-17(16)20;/h2-4,6-9,12H,5,10-11,13H2,1H3,(H3,21,22,23);1H. The molecule has 0 aliphatic heterocycles. The van der Waals surface area contributed by atoms with Crippen molar-refractivity contribution in [2.24, 2.45) is 10.7 Å². The molecule has 134 valence electrons. The zero-order valence-electron chi connectivity index (χ0n) is 14.2. The van der Waals surface area contributed by atoms with Gasteiger partial charge in [-0.25, -0.2) is 0 Å². The minimum absolute atomic E-state index is 0. The molecule has 1 aliphatic rings. The van der Waals surface area contributed by atoms with Crippen LogP contribution in [0.15, 0.2) is 53.5 Å². The minimum Gasteiger partial charge on any atom is -0.497 e. The van der Waals surface area contributed by atoms with E-state index in [4.69, 9.17) is 22.1 Å². The minimum atomic E-state index is 0. The van der Waals surface area contributed by atoms with E-state index in [0.29, 0.717) is 12.5 Å². The maximum absolute atomic E-state index is 6.39.